The second kappa shape index (κ2) is 15.5. The van der Waals surface area contributed by atoms with Crippen molar-refractivity contribution in [1.29, 1.82) is 0 Å². The van der Waals surface area contributed by atoms with Gasteiger partial charge in [0.2, 0.25) is 0 Å². The highest BCUT2D eigenvalue weighted by Gasteiger charge is 2.25. The molecule has 2 atom stereocenters. The van der Waals surface area contributed by atoms with E-state index in [0.29, 0.717) is 19.6 Å². The molecule has 0 aromatic heterocycles. The van der Waals surface area contributed by atoms with Crippen LogP contribution in [0.25, 0.3) is 10.8 Å². The van der Waals surface area contributed by atoms with Crippen LogP contribution in [0.15, 0.2) is 72.9 Å². The molecule has 0 aliphatic heterocycles. The van der Waals surface area contributed by atoms with Gasteiger partial charge in [-0.05, 0) is 39.5 Å². The van der Waals surface area contributed by atoms with Crippen molar-refractivity contribution in [3.63, 3.8) is 0 Å². The first kappa shape index (κ1) is 29.7. The number of fused-ring (bicyclic) bond motifs is 2. The number of aliphatic hydroxyl groups is 2. The smallest absolute Gasteiger partial charge is 0.131 e. The van der Waals surface area contributed by atoms with E-state index in [1.807, 2.05) is 24.3 Å². The monoisotopic (exact) mass is 522 g/mol. The lowest BCUT2D eigenvalue weighted by molar-refractivity contribution is 0.0208. The second-order valence-corrected chi connectivity index (χ2v) is 9.81. The highest BCUT2D eigenvalue weighted by Crippen LogP contribution is 2.44. The molecular weight excluding hydrogens is 480 g/mol. The molecule has 0 amide bonds. The molecule has 1 aliphatic rings. The highest BCUT2D eigenvalue weighted by molar-refractivity contribution is 5.96. The average molecular weight is 523 g/mol. The number of ether oxygens (including phenoxy) is 4. The van der Waals surface area contributed by atoms with E-state index in [-0.39, 0.29) is 26.4 Å². The zero-order valence-corrected chi connectivity index (χ0v) is 22.8. The van der Waals surface area contributed by atoms with Gasteiger partial charge in [-0.15, -0.1) is 13.2 Å². The topological polar surface area (TPSA) is 77.4 Å². The predicted molar refractivity (Wildman–Crippen MR) is 153 cm³/mol. The number of allylic oxidation sites excluding steroid dienone is 4. The standard InChI is InChI=1S/C32H42O6/c1-5-16-35-19-25(33)21-37-31-27-12-7-8-13-28(27)32(38-22-26(34)20-36-17-6-2)30-18-24(14-15-29(30)31)11-9-10-23(3)4/h5-8,10,12-14,25-26,33-34H,1-2,9,11,15-22H2,3-4H3. The van der Waals surface area contributed by atoms with Crippen LogP contribution in [-0.4, -0.2) is 62.1 Å². The summed E-state index contributed by atoms with van der Waals surface area (Å²) in [5, 5.41) is 22.7. The molecule has 1 aliphatic carbocycles. The van der Waals surface area contributed by atoms with Crippen LogP contribution in [0.5, 0.6) is 11.5 Å². The third kappa shape index (κ3) is 8.57. The number of rotatable bonds is 17. The van der Waals surface area contributed by atoms with E-state index in [4.69, 9.17) is 18.9 Å². The first-order valence-electron chi connectivity index (χ1n) is 13.3. The minimum Gasteiger partial charge on any atom is -0.490 e. The summed E-state index contributed by atoms with van der Waals surface area (Å²) in [7, 11) is 0. The van der Waals surface area contributed by atoms with Crippen molar-refractivity contribution in [2.75, 3.05) is 39.6 Å². The summed E-state index contributed by atoms with van der Waals surface area (Å²) in [6.07, 6.45) is 9.76. The van der Waals surface area contributed by atoms with Crippen LogP contribution < -0.4 is 9.47 Å². The fraction of sp³-hybridized carbons (Fsp3) is 0.438. The quantitative estimate of drug-likeness (QED) is 0.211. The Labute approximate surface area is 226 Å². The fourth-order valence-electron chi connectivity index (χ4n) is 4.52. The molecule has 0 spiro atoms. The van der Waals surface area contributed by atoms with Crippen molar-refractivity contribution >= 4 is 10.8 Å². The van der Waals surface area contributed by atoms with Crippen LogP contribution in [0.2, 0.25) is 0 Å². The van der Waals surface area contributed by atoms with E-state index in [9.17, 15) is 10.2 Å². The lowest BCUT2D eigenvalue weighted by Gasteiger charge is -2.27. The Kier molecular flexibility index (Phi) is 12.1. The predicted octanol–water partition coefficient (Wildman–Crippen LogP) is 5.50. The van der Waals surface area contributed by atoms with Gasteiger partial charge in [-0.3, -0.25) is 0 Å². The molecule has 3 rings (SSSR count). The molecule has 0 bridgehead atoms. The maximum absolute atomic E-state index is 10.4. The van der Waals surface area contributed by atoms with Gasteiger partial charge in [0.1, 0.15) is 36.9 Å². The zero-order valence-electron chi connectivity index (χ0n) is 22.8. The molecule has 38 heavy (non-hydrogen) atoms. The highest BCUT2D eigenvalue weighted by atomic mass is 16.5. The van der Waals surface area contributed by atoms with Gasteiger partial charge in [0.25, 0.3) is 0 Å². The maximum atomic E-state index is 10.4. The Balaban J connectivity index is 1.92. The Morgan fingerprint density at radius 2 is 1.42 bits per heavy atom. The van der Waals surface area contributed by atoms with Gasteiger partial charge in [0.05, 0.1) is 26.4 Å². The van der Waals surface area contributed by atoms with Gasteiger partial charge in [-0.25, -0.2) is 0 Å². The second-order valence-electron chi connectivity index (χ2n) is 9.81. The minimum absolute atomic E-state index is 0.115. The lowest BCUT2D eigenvalue weighted by Crippen LogP contribution is -2.25. The van der Waals surface area contributed by atoms with Crippen LogP contribution in [0, 0.1) is 0 Å². The van der Waals surface area contributed by atoms with E-state index in [1.165, 1.54) is 11.1 Å². The van der Waals surface area contributed by atoms with Gasteiger partial charge < -0.3 is 29.2 Å². The van der Waals surface area contributed by atoms with E-state index in [0.717, 1.165) is 52.7 Å². The normalized spacial score (nSPS) is 14.3. The largest absolute Gasteiger partial charge is 0.490 e. The summed E-state index contributed by atoms with van der Waals surface area (Å²) in [4.78, 5) is 0. The SMILES string of the molecule is C=CCOCC(O)COc1c2c(c(OCC(O)COCC=C)c3ccccc13)CC(CCC=C(C)C)=CC2. The Morgan fingerprint density at radius 3 is 1.95 bits per heavy atom. The molecular formula is C32H42O6. The number of hydrogen-bond donors (Lipinski definition) is 2. The van der Waals surface area contributed by atoms with Gasteiger partial charge >= 0.3 is 0 Å². The van der Waals surface area contributed by atoms with Gasteiger partial charge in [-0.1, -0.05) is 59.7 Å². The molecule has 2 aromatic carbocycles. The summed E-state index contributed by atoms with van der Waals surface area (Å²) in [6, 6.07) is 7.97. The minimum atomic E-state index is -0.762. The molecule has 2 N–H and O–H groups in total. The van der Waals surface area contributed by atoms with E-state index in [1.54, 1.807) is 12.2 Å². The van der Waals surface area contributed by atoms with E-state index < -0.39 is 12.2 Å². The number of hydrogen-bond acceptors (Lipinski definition) is 6. The molecule has 0 heterocycles. The van der Waals surface area contributed by atoms with Crippen LogP contribution in [0.3, 0.4) is 0 Å². The van der Waals surface area contributed by atoms with Crippen LogP contribution in [0.4, 0.5) is 0 Å². The van der Waals surface area contributed by atoms with Crippen molar-refractivity contribution in [3.05, 3.63) is 84.0 Å². The van der Waals surface area contributed by atoms with Crippen molar-refractivity contribution < 1.29 is 29.2 Å². The molecule has 0 saturated carbocycles. The van der Waals surface area contributed by atoms with Crippen molar-refractivity contribution in [3.8, 4) is 11.5 Å². The van der Waals surface area contributed by atoms with Crippen molar-refractivity contribution in [2.24, 2.45) is 0 Å². The summed E-state index contributed by atoms with van der Waals surface area (Å²) in [5.41, 5.74) is 4.80. The van der Waals surface area contributed by atoms with Crippen LogP contribution in [-0.2, 0) is 22.3 Å². The molecule has 0 saturated heterocycles. The summed E-state index contributed by atoms with van der Waals surface area (Å²) < 4.78 is 23.4. The molecule has 206 valence electrons. The maximum Gasteiger partial charge on any atom is 0.131 e. The van der Waals surface area contributed by atoms with Crippen LogP contribution >= 0.6 is 0 Å². The summed E-state index contributed by atoms with van der Waals surface area (Å²) >= 11 is 0. The molecule has 6 heteroatoms. The molecule has 0 fully saturated rings. The number of benzene rings is 2. The first-order chi connectivity index (χ1) is 18.4. The van der Waals surface area contributed by atoms with Gasteiger partial charge in [-0.2, -0.15) is 0 Å². The Morgan fingerprint density at radius 1 is 0.868 bits per heavy atom. The third-order valence-corrected chi connectivity index (χ3v) is 6.28. The van der Waals surface area contributed by atoms with Crippen molar-refractivity contribution in [1.82, 2.24) is 0 Å². The average Bonchev–Trinajstić information content (AvgIpc) is 2.90. The molecule has 2 unspecified atom stereocenters. The Bertz CT molecular complexity index is 1130. The number of aliphatic hydroxyl groups excluding tert-OH is 2. The first-order valence-corrected chi connectivity index (χ1v) is 13.3. The van der Waals surface area contributed by atoms with E-state index >= 15 is 0 Å². The lowest BCUT2D eigenvalue weighted by atomic mass is 9.85. The molecule has 2 aromatic rings. The summed E-state index contributed by atoms with van der Waals surface area (Å²) in [6.45, 7) is 12.8. The third-order valence-electron chi connectivity index (χ3n) is 6.28. The zero-order chi connectivity index (χ0) is 27.3. The molecule has 6 nitrogen and oxygen atoms in total. The van der Waals surface area contributed by atoms with Crippen LogP contribution in [0.1, 0.15) is 37.8 Å². The van der Waals surface area contributed by atoms with Gasteiger partial charge in [0.15, 0.2) is 0 Å². The van der Waals surface area contributed by atoms with Gasteiger partial charge in [0, 0.05) is 21.9 Å². The Hall–Kier alpha value is -2.90. The fourth-order valence-corrected chi connectivity index (χ4v) is 4.52. The molecule has 0 radical (unpaired) electrons. The summed E-state index contributed by atoms with van der Waals surface area (Å²) in [5.74, 6) is 1.54. The van der Waals surface area contributed by atoms with Crippen molar-refractivity contribution in [2.45, 2.75) is 51.7 Å². The van der Waals surface area contributed by atoms with E-state index in [2.05, 4.69) is 39.2 Å².